The first-order valence-corrected chi connectivity index (χ1v) is 5.33. The first kappa shape index (κ1) is 8.74. The molecule has 2 nitrogen and oxygen atoms in total. The Morgan fingerprint density at radius 1 is 1.13 bits per heavy atom. The van der Waals surface area contributed by atoms with Gasteiger partial charge in [-0.2, -0.15) is 0 Å². The number of imidazole rings is 1. The van der Waals surface area contributed by atoms with Crippen molar-refractivity contribution in [2.24, 2.45) is 0 Å². The molecule has 15 heavy (non-hydrogen) atoms. The summed E-state index contributed by atoms with van der Waals surface area (Å²) < 4.78 is 0. The topological polar surface area (TPSA) is 28.7 Å². The van der Waals surface area contributed by atoms with Crippen LogP contribution >= 0.6 is 11.6 Å². The highest BCUT2D eigenvalue weighted by Crippen LogP contribution is 2.21. The second-order valence-corrected chi connectivity index (χ2v) is 3.80. The summed E-state index contributed by atoms with van der Waals surface area (Å²) in [5, 5.41) is 2.42. The number of rotatable bonds is 1. The summed E-state index contributed by atoms with van der Waals surface area (Å²) in [7, 11) is 0. The molecule has 0 amide bonds. The largest absolute Gasteiger partial charge is 0.341 e. The number of aromatic nitrogens is 2. The van der Waals surface area contributed by atoms with Gasteiger partial charge >= 0.3 is 0 Å². The van der Waals surface area contributed by atoms with E-state index in [0.29, 0.717) is 5.88 Å². The third kappa shape index (κ3) is 1.38. The van der Waals surface area contributed by atoms with Crippen molar-refractivity contribution in [3.05, 3.63) is 42.2 Å². The van der Waals surface area contributed by atoms with Crippen LogP contribution in [0.25, 0.3) is 21.8 Å². The van der Waals surface area contributed by atoms with Crippen molar-refractivity contribution in [1.82, 2.24) is 9.97 Å². The molecule has 0 aliphatic carbocycles. The van der Waals surface area contributed by atoms with Crippen LogP contribution in [0.5, 0.6) is 0 Å². The van der Waals surface area contributed by atoms with Crippen LogP contribution in [0.4, 0.5) is 0 Å². The van der Waals surface area contributed by atoms with Crippen LogP contribution in [0.2, 0.25) is 0 Å². The minimum atomic E-state index is 0.422. The Balaban J connectivity index is 2.39. The summed E-state index contributed by atoms with van der Waals surface area (Å²) >= 11 is 5.74. The van der Waals surface area contributed by atoms with Gasteiger partial charge in [0, 0.05) is 0 Å². The van der Waals surface area contributed by atoms with Crippen molar-refractivity contribution in [3.63, 3.8) is 0 Å². The lowest BCUT2D eigenvalue weighted by atomic mass is 10.1. The van der Waals surface area contributed by atoms with E-state index in [1.165, 1.54) is 10.8 Å². The molecule has 0 atom stereocenters. The van der Waals surface area contributed by atoms with Crippen LogP contribution in [0.1, 0.15) is 5.82 Å². The van der Waals surface area contributed by atoms with Crippen LogP contribution in [-0.2, 0) is 5.88 Å². The highest BCUT2D eigenvalue weighted by atomic mass is 35.5. The van der Waals surface area contributed by atoms with Crippen molar-refractivity contribution < 1.29 is 0 Å². The van der Waals surface area contributed by atoms with E-state index in [-0.39, 0.29) is 0 Å². The minimum Gasteiger partial charge on any atom is -0.341 e. The lowest BCUT2D eigenvalue weighted by Gasteiger charge is -1.95. The van der Waals surface area contributed by atoms with Crippen LogP contribution in [0.15, 0.2) is 36.4 Å². The van der Waals surface area contributed by atoms with E-state index < -0.39 is 0 Å². The van der Waals surface area contributed by atoms with E-state index in [1.54, 1.807) is 0 Å². The lowest BCUT2D eigenvalue weighted by Crippen LogP contribution is -1.76. The molecule has 1 N–H and O–H groups in total. The van der Waals surface area contributed by atoms with E-state index in [1.807, 2.05) is 12.1 Å². The molecule has 1 heterocycles. The van der Waals surface area contributed by atoms with Gasteiger partial charge in [0.05, 0.1) is 16.9 Å². The number of fused-ring (bicyclic) bond motifs is 2. The fourth-order valence-corrected chi connectivity index (χ4v) is 1.94. The Hall–Kier alpha value is -1.54. The number of alkyl halides is 1. The number of nitrogens with one attached hydrogen (secondary N) is 1. The smallest absolute Gasteiger partial charge is 0.122 e. The SMILES string of the molecule is ClCc1nc2cc3ccccc3cc2[nH]1. The highest BCUT2D eigenvalue weighted by Gasteiger charge is 2.02. The molecule has 0 unspecified atom stereocenters. The van der Waals surface area contributed by atoms with Crippen LogP contribution in [0.3, 0.4) is 0 Å². The van der Waals surface area contributed by atoms with Gasteiger partial charge < -0.3 is 4.98 Å². The lowest BCUT2D eigenvalue weighted by molar-refractivity contribution is 1.13. The molecule has 3 rings (SSSR count). The zero-order chi connectivity index (χ0) is 10.3. The molecular formula is C12H9ClN2. The van der Waals surface area contributed by atoms with Crippen molar-refractivity contribution in [3.8, 4) is 0 Å². The van der Waals surface area contributed by atoms with Crippen molar-refractivity contribution in [2.75, 3.05) is 0 Å². The normalized spacial score (nSPS) is 11.3. The van der Waals surface area contributed by atoms with Crippen LogP contribution < -0.4 is 0 Å². The third-order valence-electron chi connectivity index (χ3n) is 2.52. The highest BCUT2D eigenvalue weighted by molar-refractivity contribution is 6.16. The van der Waals surface area contributed by atoms with Crippen LogP contribution in [0, 0.1) is 0 Å². The summed E-state index contributed by atoms with van der Waals surface area (Å²) in [4.78, 5) is 7.59. The Bertz CT molecular complexity index is 575. The quantitative estimate of drug-likeness (QED) is 0.620. The molecule has 0 saturated carbocycles. The molecule has 3 aromatic rings. The number of nitrogens with zero attached hydrogens (tertiary/aromatic N) is 1. The molecule has 74 valence electrons. The molecular weight excluding hydrogens is 208 g/mol. The van der Waals surface area contributed by atoms with Crippen molar-refractivity contribution in [2.45, 2.75) is 5.88 Å². The molecule has 0 radical (unpaired) electrons. The first-order valence-electron chi connectivity index (χ1n) is 4.80. The Morgan fingerprint density at radius 2 is 1.87 bits per heavy atom. The van der Waals surface area contributed by atoms with Gasteiger partial charge in [0.1, 0.15) is 5.82 Å². The standard InChI is InChI=1S/C12H9ClN2/c13-7-12-14-10-5-8-3-1-2-4-9(8)6-11(10)15-12/h1-6H,7H2,(H,14,15). The van der Waals surface area contributed by atoms with Gasteiger partial charge in [-0.1, -0.05) is 24.3 Å². The second-order valence-electron chi connectivity index (χ2n) is 3.53. The molecule has 0 fully saturated rings. The van der Waals surface area contributed by atoms with Gasteiger partial charge in [0.25, 0.3) is 0 Å². The van der Waals surface area contributed by atoms with E-state index in [2.05, 4.69) is 34.2 Å². The fourth-order valence-electron chi connectivity index (χ4n) is 1.81. The predicted molar refractivity (Wildman–Crippen MR) is 63.2 cm³/mol. The summed E-state index contributed by atoms with van der Waals surface area (Å²) in [5.74, 6) is 1.24. The fraction of sp³-hybridized carbons (Fsp3) is 0.0833. The van der Waals surface area contributed by atoms with Gasteiger partial charge in [-0.15, -0.1) is 11.6 Å². The number of benzene rings is 2. The summed E-state index contributed by atoms with van der Waals surface area (Å²) in [5.41, 5.74) is 2.02. The monoisotopic (exact) mass is 216 g/mol. The predicted octanol–water partition coefficient (Wildman–Crippen LogP) is 3.45. The summed E-state index contributed by atoms with van der Waals surface area (Å²) in [6.45, 7) is 0. The van der Waals surface area contributed by atoms with Gasteiger partial charge in [0.15, 0.2) is 0 Å². The number of H-pyrrole nitrogens is 1. The summed E-state index contributed by atoms with van der Waals surface area (Å²) in [6, 6.07) is 12.4. The van der Waals surface area contributed by atoms with Gasteiger partial charge in [-0.05, 0) is 22.9 Å². The minimum absolute atomic E-state index is 0.422. The van der Waals surface area contributed by atoms with Gasteiger partial charge in [-0.25, -0.2) is 4.98 Å². The van der Waals surface area contributed by atoms with E-state index in [0.717, 1.165) is 16.9 Å². The Labute approximate surface area is 91.9 Å². The molecule has 0 aliphatic heterocycles. The van der Waals surface area contributed by atoms with Crippen molar-refractivity contribution in [1.29, 1.82) is 0 Å². The van der Waals surface area contributed by atoms with Crippen LogP contribution in [-0.4, -0.2) is 9.97 Å². The maximum atomic E-state index is 5.74. The van der Waals surface area contributed by atoms with E-state index in [9.17, 15) is 0 Å². The summed E-state index contributed by atoms with van der Waals surface area (Å²) in [6.07, 6.45) is 0. The maximum absolute atomic E-state index is 5.74. The number of aromatic amines is 1. The molecule has 0 aliphatic rings. The van der Waals surface area contributed by atoms with Gasteiger partial charge in [-0.3, -0.25) is 0 Å². The number of hydrogen-bond acceptors (Lipinski definition) is 1. The molecule has 1 aromatic heterocycles. The molecule has 3 heteroatoms. The first-order chi connectivity index (χ1) is 7.36. The average molecular weight is 217 g/mol. The van der Waals surface area contributed by atoms with E-state index in [4.69, 9.17) is 11.6 Å². The van der Waals surface area contributed by atoms with E-state index >= 15 is 0 Å². The molecule has 2 aromatic carbocycles. The Morgan fingerprint density at radius 3 is 2.60 bits per heavy atom. The molecule has 0 bridgehead atoms. The number of halogens is 1. The third-order valence-corrected chi connectivity index (χ3v) is 2.78. The molecule has 0 saturated heterocycles. The average Bonchev–Trinajstić information content (AvgIpc) is 2.67. The van der Waals surface area contributed by atoms with Gasteiger partial charge in [0.2, 0.25) is 0 Å². The van der Waals surface area contributed by atoms with Crippen molar-refractivity contribution >= 4 is 33.4 Å². The number of hydrogen-bond donors (Lipinski definition) is 1. The maximum Gasteiger partial charge on any atom is 0.122 e. The molecule has 0 spiro atoms. The second kappa shape index (κ2) is 3.24. The zero-order valence-electron chi connectivity index (χ0n) is 8.00. The zero-order valence-corrected chi connectivity index (χ0v) is 8.75. The Kier molecular flexibility index (Phi) is 1.89.